The molecule has 184 valence electrons. The molecule has 1 aromatic heterocycles. The van der Waals surface area contributed by atoms with Gasteiger partial charge in [-0.3, -0.25) is 9.59 Å². The van der Waals surface area contributed by atoms with E-state index in [-0.39, 0.29) is 12.4 Å². The number of hydrogen-bond acceptors (Lipinski definition) is 6. The Bertz CT molecular complexity index is 1330. The SMILES string of the molecule is COCC(=O)N1C(c2cccc(C)c2)C(C(=O)c2cccs2)C(c2ccc(C#N)cc2)C1(C)C(=O)O. The first-order valence-electron chi connectivity index (χ1n) is 11.4. The Morgan fingerprint density at radius 1 is 1.11 bits per heavy atom. The van der Waals surface area contributed by atoms with E-state index < -0.39 is 35.3 Å². The van der Waals surface area contributed by atoms with Gasteiger partial charge in [0.15, 0.2) is 5.78 Å². The summed E-state index contributed by atoms with van der Waals surface area (Å²) in [5, 5.41) is 21.7. The number of amides is 1. The molecule has 0 spiro atoms. The van der Waals surface area contributed by atoms with Crippen molar-refractivity contribution >= 4 is 29.0 Å². The molecule has 1 N–H and O–H groups in total. The van der Waals surface area contributed by atoms with Crippen molar-refractivity contribution in [1.82, 2.24) is 4.90 Å². The van der Waals surface area contributed by atoms with Crippen molar-refractivity contribution in [1.29, 1.82) is 5.26 Å². The van der Waals surface area contributed by atoms with E-state index in [4.69, 9.17) is 4.74 Å². The molecule has 0 radical (unpaired) electrons. The fourth-order valence-corrected chi connectivity index (χ4v) is 6.07. The highest BCUT2D eigenvalue weighted by Gasteiger charge is 2.64. The predicted molar refractivity (Wildman–Crippen MR) is 135 cm³/mol. The van der Waals surface area contributed by atoms with Crippen LogP contribution in [0.4, 0.5) is 0 Å². The number of aryl methyl sites for hydroxylation is 1. The van der Waals surface area contributed by atoms with Gasteiger partial charge in [-0.25, -0.2) is 4.79 Å². The molecule has 36 heavy (non-hydrogen) atoms. The second kappa shape index (κ2) is 10.1. The summed E-state index contributed by atoms with van der Waals surface area (Å²) >= 11 is 1.28. The number of carbonyl (C=O) groups excluding carboxylic acids is 2. The summed E-state index contributed by atoms with van der Waals surface area (Å²) in [6.45, 7) is 3.08. The number of ketones is 1. The van der Waals surface area contributed by atoms with E-state index in [1.807, 2.05) is 31.2 Å². The molecule has 1 amide bonds. The second-order valence-corrected chi connectivity index (χ2v) is 10.0. The van der Waals surface area contributed by atoms with Crippen LogP contribution >= 0.6 is 11.3 Å². The zero-order valence-corrected chi connectivity index (χ0v) is 21.0. The van der Waals surface area contributed by atoms with Crippen LogP contribution in [0.3, 0.4) is 0 Å². The summed E-state index contributed by atoms with van der Waals surface area (Å²) < 4.78 is 5.13. The smallest absolute Gasteiger partial charge is 0.330 e. The summed E-state index contributed by atoms with van der Waals surface area (Å²) in [5.41, 5.74) is 0.817. The van der Waals surface area contributed by atoms with E-state index in [0.717, 1.165) is 5.56 Å². The largest absolute Gasteiger partial charge is 0.479 e. The predicted octanol–water partition coefficient (Wildman–Crippen LogP) is 4.58. The number of rotatable bonds is 7. The molecule has 7 nitrogen and oxygen atoms in total. The molecule has 4 atom stereocenters. The van der Waals surface area contributed by atoms with Gasteiger partial charge in [-0.1, -0.05) is 48.0 Å². The third-order valence-electron chi connectivity index (χ3n) is 6.90. The molecule has 0 saturated carbocycles. The van der Waals surface area contributed by atoms with Crippen LogP contribution in [0.2, 0.25) is 0 Å². The van der Waals surface area contributed by atoms with Crippen molar-refractivity contribution in [2.45, 2.75) is 31.3 Å². The Morgan fingerprint density at radius 2 is 1.83 bits per heavy atom. The molecule has 8 heteroatoms. The van der Waals surface area contributed by atoms with Crippen LogP contribution in [0, 0.1) is 24.2 Å². The molecule has 2 aromatic carbocycles. The number of methoxy groups -OCH3 is 1. The van der Waals surface area contributed by atoms with Gasteiger partial charge in [0.05, 0.1) is 28.5 Å². The maximum Gasteiger partial charge on any atom is 0.330 e. The number of thiophene rings is 1. The number of benzene rings is 2. The summed E-state index contributed by atoms with van der Waals surface area (Å²) in [4.78, 5) is 42.5. The van der Waals surface area contributed by atoms with Crippen molar-refractivity contribution in [3.8, 4) is 6.07 Å². The number of Topliss-reactive ketones (excluding diaryl/α,β-unsaturated/α-hetero) is 1. The van der Waals surface area contributed by atoms with Gasteiger partial charge in [-0.15, -0.1) is 11.3 Å². The van der Waals surface area contributed by atoms with Gasteiger partial charge in [-0.2, -0.15) is 5.26 Å². The number of nitrogens with zero attached hydrogens (tertiary/aromatic N) is 2. The number of nitriles is 1. The zero-order chi connectivity index (χ0) is 26.0. The quantitative estimate of drug-likeness (QED) is 0.474. The highest BCUT2D eigenvalue weighted by Crippen LogP contribution is 2.56. The fraction of sp³-hybridized carbons (Fsp3) is 0.286. The lowest BCUT2D eigenvalue weighted by molar-refractivity contribution is -0.159. The molecule has 3 aromatic rings. The molecule has 0 bridgehead atoms. The van der Waals surface area contributed by atoms with Gasteiger partial charge < -0.3 is 14.7 Å². The molecule has 1 saturated heterocycles. The summed E-state index contributed by atoms with van der Waals surface area (Å²) in [6.07, 6.45) is 0. The first kappa shape index (κ1) is 25.3. The lowest BCUT2D eigenvalue weighted by Crippen LogP contribution is -2.55. The number of ether oxygens (including phenoxy) is 1. The van der Waals surface area contributed by atoms with E-state index in [1.54, 1.807) is 41.8 Å². The van der Waals surface area contributed by atoms with E-state index in [1.165, 1.54) is 30.3 Å². The van der Waals surface area contributed by atoms with Crippen LogP contribution in [-0.4, -0.2) is 46.9 Å². The van der Waals surface area contributed by atoms with Crippen molar-refractivity contribution in [2.75, 3.05) is 13.7 Å². The van der Waals surface area contributed by atoms with E-state index >= 15 is 0 Å². The average molecular weight is 503 g/mol. The standard InChI is InChI=1S/C28H26N2O5S/c1-17-6-4-7-20(14-17)25-23(26(32)21-8-5-13-36-21)24(19-11-9-18(15-29)10-12-19)28(2,27(33)34)30(25)22(31)16-35-3/h4-14,23-25H,16H2,1-3H3,(H,33,34). The summed E-state index contributed by atoms with van der Waals surface area (Å²) in [5.74, 6) is -3.75. The minimum absolute atomic E-state index is 0.231. The summed E-state index contributed by atoms with van der Waals surface area (Å²) in [7, 11) is 1.38. The second-order valence-electron chi connectivity index (χ2n) is 9.09. The van der Waals surface area contributed by atoms with Crippen molar-refractivity contribution in [3.05, 3.63) is 93.2 Å². The average Bonchev–Trinajstić information content (AvgIpc) is 3.49. The highest BCUT2D eigenvalue weighted by molar-refractivity contribution is 7.12. The Kier molecular flexibility index (Phi) is 7.07. The third kappa shape index (κ3) is 4.21. The van der Waals surface area contributed by atoms with Crippen molar-refractivity contribution in [2.24, 2.45) is 5.92 Å². The van der Waals surface area contributed by atoms with Crippen molar-refractivity contribution in [3.63, 3.8) is 0 Å². The van der Waals surface area contributed by atoms with Gasteiger partial charge in [-0.05, 0) is 48.6 Å². The fourth-order valence-electron chi connectivity index (χ4n) is 5.36. The maximum absolute atomic E-state index is 14.1. The molecule has 4 unspecified atom stereocenters. The van der Waals surface area contributed by atoms with Crippen molar-refractivity contribution < 1.29 is 24.2 Å². The van der Waals surface area contributed by atoms with Crippen LogP contribution in [0.1, 0.15) is 50.8 Å². The van der Waals surface area contributed by atoms with Crippen LogP contribution in [0.5, 0.6) is 0 Å². The highest BCUT2D eigenvalue weighted by atomic mass is 32.1. The van der Waals surface area contributed by atoms with Crippen LogP contribution in [-0.2, 0) is 14.3 Å². The lowest BCUT2D eigenvalue weighted by Gasteiger charge is -2.37. The van der Waals surface area contributed by atoms with Gasteiger partial charge in [0.1, 0.15) is 12.1 Å². The maximum atomic E-state index is 14.1. The Labute approximate surface area is 213 Å². The van der Waals surface area contributed by atoms with Gasteiger partial charge >= 0.3 is 5.97 Å². The Hall–Kier alpha value is -3.80. The molecule has 1 fully saturated rings. The minimum Gasteiger partial charge on any atom is -0.479 e. The molecule has 4 rings (SSSR count). The third-order valence-corrected chi connectivity index (χ3v) is 7.79. The Balaban J connectivity index is 2.04. The molecule has 0 aliphatic carbocycles. The lowest BCUT2D eigenvalue weighted by atomic mass is 9.72. The van der Waals surface area contributed by atoms with E-state index in [0.29, 0.717) is 21.6 Å². The van der Waals surface area contributed by atoms with Gasteiger partial charge in [0, 0.05) is 13.0 Å². The number of carboxylic acid groups (broad SMARTS) is 1. The molecule has 1 aliphatic heterocycles. The monoisotopic (exact) mass is 502 g/mol. The first-order chi connectivity index (χ1) is 17.2. The molecular weight excluding hydrogens is 476 g/mol. The number of aliphatic carboxylic acids is 1. The van der Waals surface area contributed by atoms with E-state index in [9.17, 15) is 24.8 Å². The molecular formula is C28H26N2O5S. The number of hydrogen-bond donors (Lipinski definition) is 1. The normalized spacial score (nSPS) is 23.3. The Morgan fingerprint density at radius 3 is 2.39 bits per heavy atom. The number of carbonyl (C=O) groups is 3. The first-order valence-corrected chi connectivity index (χ1v) is 12.3. The summed E-state index contributed by atoms with van der Waals surface area (Å²) in [6, 6.07) is 18.7. The van der Waals surface area contributed by atoms with Crippen LogP contribution in [0.15, 0.2) is 66.0 Å². The number of carboxylic acids is 1. The topological polar surface area (TPSA) is 108 Å². The molecule has 2 heterocycles. The zero-order valence-electron chi connectivity index (χ0n) is 20.2. The molecule has 1 aliphatic rings. The van der Waals surface area contributed by atoms with Crippen LogP contribution < -0.4 is 0 Å². The van der Waals surface area contributed by atoms with Gasteiger partial charge in [0.2, 0.25) is 5.91 Å². The number of likely N-dealkylation sites (tertiary alicyclic amines) is 1. The van der Waals surface area contributed by atoms with Gasteiger partial charge in [0.25, 0.3) is 0 Å². The van der Waals surface area contributed by atoms with E-state index in [2.05, 4.69) is 6.07 Å². The minimum atomic E-state index is -1.77. The van der Waals surface area contributed by atoms with Crippen LogP contribution in [0.25, 0.3) is 0 Å².